The number of carbonyl (C=O) groups is 2. The third kappa shape index (κ3) is 8.42. The zero-order chi connectivity index (χ0) is 18.7. The van der Waals surface area contributed by atoms with Crippen molar-refractivity contribution in [3.8, 4) is 0 Å². The fourth-order valence-electron chi connectivity index (χ4n) is 2.53. The van der Waals surface area contributed by atoms with Crippen LogP contribution in [0.5, 0.6) is 0 Å². The van der Waals surface area contributed by atoms with Crippen molar-refractivity contribution in [2.24, 2.45) is 0 Å². The summed E-state index contributed by atoms with van der Waals surface area (Å²) in [5, 5.41) is 2.58. The Kier molecular flexibility index (Phi) is 9.43. The van der Waals surface area contributed by atoms with E-state index in [1.807, 2.05) is 6.08 Å². The van der Waals surface area contributed by atoms with Gasteiger partial charge in [0, 0.05) is 6.07 Å². The van der Waals surface area contributed by atoms with Crippen LogP contribution in [0, 0.1) is 11.6 Å². The molecule has 0 fully saturated rings. The average molecular weight is 353 g/mol. The van der Waals surface area contributed by atoms with Crippen molar-refractivity contribution in [1.82, 2.24) is 5.32 Å². The fraction of sp³-hybridized carbons (Fsp3) is 0.474. The van der Waals surface area contributed by atoms with E-state index in [-0.39, 0.29) is 12.0 Å². The summed E-state index contributed by atoms with van der Waals surface area (Å²) in [6.07, 6.45) is 6.86. The van der Waals surface area contributed by atoms with Gasteiger partial charge in [-0.2, -0.15) is 0 Å². The summed E-state index contributed by atoms with van der Waals surface area (Å²) in [5.74, 6) is -2.49. The standard InChI is InChI=1S/C19H25F2NO3/c1-3-4-5-6-7-8-9-17(19(24)25-2)22-18(23)12-14-10-15(20)13-16(21)11-14/h3,10-11,13,17H,1,4-9,12H2,2H3,(H,22,23)/t17-/m0/s1. The summed E-state index contributed by atoms with van der Waals surface area (Å²) < 4.78 is 31.0. The van der Waals surface area contributed by atoms with Gasteiger partial charge in [0.15, 0.2) is 0 Å². The predicted octanol–water partition coefficient (Wildman–Crippen LogP) is 3.69. The molecule has 0 aliphatic carbocycles. The van der Waals surface area contributed by atoms with E-state index < -0.39 is 29.6 Å². The first-order chi connectivity index (χ1) is 12.0. The van der Waals surface area contributed by atoms with Gasteiger partial charge in [-0.25, -0.2) is 13.6 Å². The Morgan fingerprint density at radius 1 is 1.16 bits per heavy atom. The fourth-order valence-corrected chi connectivity index (χ4v) is 2.53. The molecular weight excluding hydrogens is 328 g/mol. The van der Waals surface area contributed by atoms with Crippen molar-refractivity contribution in [3.05, 3.63) is 48.1 Å². The molecule has 0 heterocycles. The highest BCUT2D eigenvalue weighted by Crippen LogP contribution is 2.11. The maximum absolute atomic E-state index is 13.2. The third-order valence-electron chi connectivity index (χ3n) is 3.76. The second kappa shape index (κ2) is 11.3. The minimum Gasteiger partial charge on any atom is -0.467 e. The van der Waals surface area contributed by atoms with Crippen LogP contribution in [0.4, 0.5) is 8.78 Å². The second-order valence-electron chi connectivity index (χ2n) is 5.88. The molecule has 1 aromatic rings. The van der Waals surface area contributed by atoms with Gasteiger partial charge in [-0.05, 0) is 37.0 Å². The number of nitrogens with one attached hydrogen (secondary N) is 1. The van der Waals surface area contributed by atoms with Gasteiger partial charge in [-0.1, -0.05) is 25.3 Å². The van der Waals surface area contributed by atoms with Crippen LogP contribution < -0.4 is 5.32 Å². The first kappa shape index (κ1) is 20.8. The van der Waals surface area contributed by atoms with Gasteiger partial charge in [0.2, 0.25) is 5.91 Å². The topological polar surface area (TPSA) is 55.4 Å². The number of amides is 1. The van der Waals surface area contributed by atoms with Gasteiger partial charge in [-0.3, -0.25) is 4.79 Å². The molecule has 1 rings (SSSR count). The van der Waals surface area contributed by atoms with Crippen LogP contribution in [0.2, 0.25) is 0 Å². The molecule has 1 aromatic carbocycles. The summed E-state index contributed by atoms with van der Waals surface area (Å²) in [6.45, 7) is 3.66. The summed E-state index contributed by atoms with van der Waals surface area (Å²) in [4.78, 5) is 23.9. The number of methoxy groups -OCH3 is 1. The van der Waals surface area contributed by atoms with Crippen LogP contribution in [-0.4, -0.2) is 25.0 Å². The predicted molar refractivity (Wildman–Crippen MR) is 91.9 cm³/mol. The van der Waals surface area contributed by atoms with Crippen LogP contribution in [0.1, 0.15) is 44.1 Å². The number of benzene rings is 1. The molecule has 1 amide bonds. The van der Waals surface area contributed by atoms with Gasteiger partial charge < -0.3 is 10.1 Å². The molecule has 25 heavy (non-hydrogen) atoms. The lowest BCUT2D eigenvalue weighted by molar-refractivity contribution is -0.145. The number of hydrogen-bond donors (Lipinski definition) is 1. The van der Waals surface area contributed by atoms with E-state index in [9.17, 15) is 18.4 Å². The average Bonchev–Trinajstić information content (AvgIpc) is 2.55. The first-order valence-electron chi connectivity index (χ1n) is 8.39. The quantitative estimate of drug-likeness (QED) is 0.375. The number of rotatable bonds is 11. The van der Waals surface area contributed by atoms with Crippen molar-refractivity contribution in [2.45, 2.75) is 51.0 Å². The Hall–Kier alpha value is -2.24. The molecule has 6 heteroatoms. The summed E-state index contributed by atoms with van der Waals surface area (Å²) >= 11 is 0. The Labute approximate surface area is 147 Å². The van der Waals surface area contributed by atoms with E-state index in [2.05, 4.69) is 11.9 Å². The highest BCUT2D eigenvalue weighted by Gasteiger charge is 2.21. The van der Waals surface area contributed by atoms with Gasteiger partial charge in [-0.15, -0.1) is 6.58 Å². The molecule has 4 nitrogen and oxygen atoms in total. The number of unbranched alkanes of at least 4 members (excludes halogenated alkanes) is 4. The number of hydrogen-bond acceptors (Lipinski definition) is 3. The van der Waals surface area contributed by atoms with Crippen LogP contribution in [-0.2, 0) is 20.7 Å². The largest absolute Gasteiger partial charge is 0.467 e. The van der Waals surface area contributed by atoms with Gasteiger partial charge in [0.05, 0.1) is 13.5 Å². The highest BCUT2D eigenvalue weighted by molar-refractivity contribution is 5.85. The zero-order valence-corrected chi connectivity index (χ0v) is 14.5. The molecule has 0 radical (unpaired) electrons. The summed E-state index contributed by atoms with van der Waals surface area (Å²) in [6, 6.07) is 2.17. The molecule has 0 saturated carbocycles. The Morgan fingerprint density at radius 2 is 1.80 bits per heavy atom. The lowest BCUT2D eigenvalue weighted by atomic mass is 10.1. The second-order valence-corrected chi connectivity index (χ2v) is 5.88. The maximum atomic E-state index is 13.2. The van der Waals surface area contributed by atoms with E-state index in [1.54, 1.807) is 0 Å². The monoisotopic (exact) mass is 353 g/mol. The Bertz CT molecular complexity index is 570. The lowest BCUT2D eigenvalue weighted by Crippen LogP contribution is -2.42. The zero-order valence-electron chi connectivity index (χ0n) is 14.5. The smallest absolute Gasteiger partial charge is 0.328 e. The number of ether oxygens (including phenoxy) is 1. The van der Waals surface area contributed by atoms with Crippen molar-refractivity contribution in [1.29, 1.82) is 0 Å². The van der Waals surface area contributed by atoms with E-state index in [4.69, 9.17) is 4.74 Å². The van der Waals surface area contributed by atoms with Crippen molar-refractivity contribution in [2.75, 3.05) is 7.11 Å². The van der Waals surface area contributed by atoms with Gasteiger partial charge in [0.25, 0.3) is 0 Å². The third-order valence-corrected chi connectivity index (χ3v) is 3.76. The molecule has 0 bridgehead atoms. The van der Waals surface area contributed by atoms with Crippen LogP contribution in [0.25, 0.3) is 0 Å². The number of esters is 1. The molecule has 0 aliphatic rings. The highest BCUT2D eigenvalue weighted by atomic mass is 19.1. The van der Waals surface area contributed by atoms with E-state index in [1.165, 1.54) is 7.11 Å². The molecule has 0 aromatic heterocycles. The summed E-state index contributed by atoms with van der Waals surface area (Å²) in [5.41, 5.74) is 0.211. The van der Waals surface area contributed by atoms with E-state index in [0.29, 0.717) is 6.42 Å². The molecule has 0 unspecified atom stereocenters. The van der Waals surface area contributed by atoms with Crippen molar-refractivity contribution < 1.29 is 23.1 Å². The minimum absolute atomic E-state index is 0.207. The molecule has 1 N–H and O–H groups in total. The molecule has 0 saturated heterocycles. The van der Waals surface area contributed by atoms with Gasteiger partial charge in [0.1, 0.15) is 17.7 Å². The maximum Gasteiger partial charge on any atom is 0.328 e. The molecule has 1 atom stereocenters. The number of carbonyl (C=O) groups excluding carboxylic acids is 2. The Morgan fingerprint density at radius 3 is 2.40 bits per heavy atom. The van der Waals surface area contributed by atoms with Gasteiger partial charge >= 0.3 is 5.97 Å². The molecule has 138 valence electrons. The number of halogens is 2. The van der Waals surface area contributed by atoms with Crippen LogP contribution in [0.3, 0.4) is 0 Å². The van der Waals surface area contributed by atoms with Crippen molar-refractivity contribution in [3.63, 3.8) is 0 Å². The normalized spacial score (nSPS) is 11.6. The minimum atomic E-state index is -0.754. The molecular formula is C19H25F2NO3. The summed E-state index contributed by atoms with van der Waals surface area (Å²) in [7, 11) is 1.26. The first-order valence-corrected chi connectivity index (χ1v) is 8.39. The van der Waals surface area contributed by atoms with Crippen LogP contribution in [0.15, 0.2) is 30.9 Å². The molecule has 0 spiro atoms. The van der Waals surface area contributed by atoms with E-state index in [0.717, 1.165) is 50.3 Å². The van der Waals surface area contributed by atoms with E-state index >= 15 is 0 Å². The number of allylic oxidation sites excluding steroid dienone is 1. The SMILES string of the molecule is C=CCCCCCC[C@H](NC(=O)Cc1cc(F)cc(F)c1)C(=O)OC. The molecule has 0 aliphatic heterocycles. The Balaban J connectivity index is 2.51. The van der Waals surface area contributed by atoms with Crippen molar-refractivity contribution >= 4 is 11.9 Å². The lowest BCUT2D eigenvalue weighted by Gasteiger charge is -2.16. The van der Waals surface area contributed by atoms with Crippen LogP contribution >= 0.6 is 0 Å².